The average molecular weight is 334 g/mol. The van der Waals surface area contributed by atoms with E-state index in [1.165, 1.54) is 19.1 Å². The van der Waals surface area contributed by atoms with Crippen molar-refractivity contribution in [2.24, 2.45) is 5.92 Å². The molecule has 0 saturated carbocycles. The third-order valence-corrected chi connectivity index (χ3v) is 3.56. The largest absolute Gasteiger partial charge is 0.384 e. The molecule has 1 heterocycles. The SMILES string of the molecule is COCCc1nc([C@@H](NC(C)=O)C(C)C)n(-c2cccc(F)c2)n1. The molecule has 2 aromatic rings. The summed E-state index contributed by atoms with van der Waals surface area (Å²) in [6.07, 6.45) is 0.538. The number of nitrogens with one attached hydrogen (secondary N) is 1. The van der Waals surface area contributed by atoms with Crippen molar-refractivity contribution in [2.45, 2.75) is 33.2 Å². The van der Waals surface area contributed by atoms with E-state index in [9.17, 15) is 9.18 Å². The van der Waals surface area contributed by atoms with Gasteiger partial charge in [-0.25, -0.2) is 14.1 Å². The number of amides is 1. The predicted octanol–water partition coefficient (Wildman–Crippen LogP) is 2.43. The van der Waals surface area contributed by atoms with E-state index in [2.05, 4.69) is 15.4 Å². The molecule has 6 nitrogen and oxygen atoms in total. The lowest BCUT2D eigenvalue weighted by Gasteiger charge is -2.21. The summed E-state index contributed by atoms with van der Waals surface area (Å²) in [6, 6.07) is 5.82. The highest BCUT2D eigenvalue weighted by atomic mass is 19.1. The molecular weight excluding hydrogens is 311 g/mol. The van der Waals surface area contributed by atoms with Crippen molar-refractivity contribution >= 4 is 5.91 Å². The van der Waals surface area contributed by atoms with Gasteiger partial charge in [0.1, 0.15) is 5.82 Å². The standard InChI is InChI=1S/C17H23FN4O2/c1-11(2)16(19-12(3)23)17-20-15(8-9-24-4)21-22(17)14-7-5-6-13(18)10-14/h5-7,10-11,16H,8-9H2,1-4H3,(H,19,23)/t16-/m0/s1. The number of halogens is 1. The Balaban J connectivity index is 2.50. The number of carbonyl (C=O) groups is 1. The molecule has 0 aliphatic heterocycles. The summed E-state index contributed by atoms with van der Waals surface area (Å²) in [5.41, 5.74) is 0.567. The van der Waals surface area contributed by atoms with Crippen LogP contribution in [0.1, 0.15) is 38.5 Å². The third kappa shape index (κ3) is 4.38. The predicted molar refractivity (Wildman–Crippen MR) is 88.3 cm³/mol. The molecular formula is C17H23FN4O2. The molecule has 2 rings (SSSR count). The van der Waals surface area contributed by atoms with Crippen LogP contribution in [-0.4, -0.2) is 34.4 Å². The van der Waals surface area contributed by atoms with Crippen LogP contribution in [0.4, 0.5) is 4.39 Å². The number of carbonyl (C=O) groups excluding carboxylic acids is 1. The number of aromatic nitrogens is 3. The molecule has 130 valence electrons. The molecule has 1 atom stereocenters. The maximum absolute atomic E-state index is 13.6. The Morgan fingerprint density at radius 1 is 1.42 bits per heavy atom. The van der Waals surface area contributed by atoms with Gasteiger partial charge in [0.15, 0.2) is 11.6 Å². The molecule has 0 aliphatic carbocycles. The van der Waals surface area contributed by atoms with Crippen molar-refractivity contribution < 1.29 is 13.9 Å². The minimum Gasteiger partial charge on any atom is -0.384 e. The van der Waals surface area contributed by atoms with Crippen LogP contribution in [-0.2, 0) is 16.0 Å². The Morgan fingerprint density at radius 2 is 2.17 bits per heavy atom. The van der Waals surface area contributed by atoms with Crippen molar-refractivity contribution in [1.82, 2.24) is 20.1 Å². The first-order valence-corrected chi connectivity index (χ1v) is 7.90. The topological polar surface area (TPSA) is 69.0 Å². The van der Waals surface area contributed by atoms with Crippen molar-refractivity contribution in [3.05, 3.63) is 41.7 Å². The fraction of sp³-hybridized carbons (Fsp3) is 0.471. The van der Waals surface area contributed by atoms with E-state index in [4.69, 9.17) is 4.74 Å². The zero-order valence-electron chi connectivity index (χ0n) is 14.4. The highest BCUT2D eigenvalue weighted by Gasteiger charge is 2.25. The lowest BCUT2D eigenvalue weighted by atomic mass is 10.0. The van der Waals surface area contributed by atoms with Crippen molar-refractivity contribution in [3.63, 3.8) is 0 Å². The maximum atomic E-state index is 13.6. The summed E-state index contributed by atoms with van der Waals surface area (Å²) in [7, 11) is 1.61. The van der Waals surface area contributed by atoms with Crippen LogP contribution in [0.5, 0.6) is 0 Å². The first-order chi connectivity index (χ1) is 11.4. The van der Waals surface area contributed by atoms with Crippen molar-refractivity contribution in [1.29, 1.82) is 0 Å². The first-order valence-electron chi connectivity index (χ1n) is 7.90. The van der Waals surface area contributed by atoms with E-state index < -0.39 is 0 Å². The van der Waals surface area contributed by atoms with Gasteiger partial charge in [0, 0.05) is 20.5 Å². The number of nitrogens with zero attached hydrogens (tertiary/aromatic N) is 3. The number of methoxy groups -OCH3 is 1. The summed E-state index contributed by atoms with van der Waals surface area (Å²) < 4.78 is 20.3. The molecule has 0 unspecified atom stereocenters. The Labute approximate surface area is 141 Å². The summed E-state index contributed by atoms with van der Waals surface area (Å²) in [5.74, 6) is 0.763. The molecule has 0 spiro atoms. The zero-order chi connectivity index (χ0) is 17.7. The molecule has 1 N–H and O–H groups in total. The molecule has 24 heavy (non-hydrogen) atoms. The second kappa shape index (κ2) is 8.01. The minimum absolute atomic E-state index is 0.0979. The summed E-state index contributed by atoms with van der Waals surface area (Å²) in [5, 5.41) is 7.38. The van der Waals surface area contributed by atoms with Gasteiger partial charge in [-0.1, -0.05) is 19.9 Å². The second-order valence-electron chi connectivity index (χ2n) is 5.94. The van der Waals surface area contributed by atoms with E-state index in [1.54, 1.807) is 23.9 Å². The fourth-order valence-electron chi connectivity index (χ4n) is 2.42. The lowest BCUT2D eigenvalue weighted by Crippen LogP contribution is -2.32. The highest BCUT2D eigenvalue weighted by molar-refractivity contribution is 5.73. The molecule has 1 aromatic heterocycles. The molecule has 0 bridgehead atoms. The van der Waals surface area contributed by atoms with Gasteiger partial charge in [-0.05, 0) is 24.1 Å². The zero-order valence-corrected chi connectivity index (χ0v) is 14.4. The summed E-state index contributed by atoms with van der Waals surface area (Å²) in [6.45, 7) is 5.92. The van der Waals surface area contributed by atoms with Gasteiger partial charge in [-0.15, -0.1) is 0 Å². The average Bonchev–Trinajstić information content (AvgIpc) is 2.94. The molecule has 1 aromatic carbocycles. The first kappa shape index (κ1) is 18.1. The van der Waals surface area contributed by atoms with Crippen LogP contribution in [0, 0.1) is 11.7 Å². The van der Waals surface area contributed by atoms with Gasteiger partial charge >= 0.3 is 0 Å². The number of benzene rings is 1. The highest BCUT2D eigenvalue weighted by Crippen LogP contribution is 2.23. The van der Waals surface area contributed by atoms with E-state index in [0.29, 0.717) is 30.4 Å². The van der Waals surface area contributed by atoms with Crippen molar-refractivity contribution in [2.75, 3.05) is 13.7 Å². The molecule has 7 heteroatoms. The van der Waals surface area contributed by atoms with Gasteiger partial charge in [0.05, 0.1) is 18.3 Å². The quantitative estimate of drug-likeness (QED) is 0.844. The van der Waals surface area contributed by atoms with E-state index in [1.807, 2.05) is 13.8 Å². The van der Waals surface area contributed by atoms with Crippen molar-refractivity contribution in [3.8, 4) is 5.69 Å². The lowest BCUT2D eigenvalue weighted by molar-refractivity contribution is -0.120. The normalized spacial score (nSPS) is 12.4. The van der Waals surface area contributed by atoms with Crippen LogP contribution in [0.15, 0.2) is 24.3 Å². The second-order valence-corrected chi connectivity index (χ2v) is 5.94. The van der Waals surface area contributed by atoms with Crippen LogP contribution < -0.4 is 5.32 Å². The Hall–Kier alpha value is -2.28. The number of ether oxygens (including phenoxy) is 1. The van der Waals surface area contributed by atoms with Gasteiger partial charge in [0.25, 0.3) is 0 Å². The van der Waals surface area contributed by atoms with Gasteiger partial charge in [0.2, 0.25) is 5.91 Å². The molecule has 1 amide bonds. The van der Waals surface area contributed by atoms with E-state index in [0.717, 1.165) is 0 Å². The number of hydrogen-bond acceptors (Lipinski definition) is 4. The molecule has 0 radical (unpaired) electrons. The van der Waals surface area contributed by atoms with Gasteiger partial charge < -0.3 is 10.1 Å². The molecule has 0 aliphatic rings. The molecule has 0 saturated heterocycles. The van der Waals surface area contributed by atoms with Gasteiger partial charge in [-0.3, -0.25) is 4.79 Å². The Kier molecular flexibility index (Phi) is 6.03. The summed E-state index contributed by atoms with van der Waals surface area (Å²) >= 11 is 0. The van der Waals surface area contributed by atoms with Crippen LogP contribution in [0.25, 0.3) is 5.69 Å². The van der Waals surface area contributed by atoms with Crippen LogP contribution in [0.2, 0.25) is 0 Å². The molecule has 0 fully saturated rings. The Morgan fingerprint density at radius 3 is 2.75 bits per heavy atom. The third-order valence-electron chi connectivity index (χ3n) is 3.56. The monoisotopic (exact) mass is 334 g/mol. The maximum Gasteiger partial charge on any atom is 0.217 e. The minimum atomic E-state index is -0.354. The summed E-state index contributed by atoms with van der Waals surface area (Å²) in [4.78, 5) is 16.1. The van der Waals surface area contributed by atoms with Gasteiger partial charge in [-0.2, -0.15) is 5.10 Å². The van der Waals surface area contributed by atoms with Crippen LogP contribution in [0.3, 0.4) is 0 Å². The van der Waals surface area contributed by atoms with Crippen LogP contribution >= 0.6 is 0 Å². The Bertz CT molecular complexity index is 700. The fourth-order valence-corrected chi connectivity index (χ4v) is 2.42. The van der Waals surface area contributed by atoms with E-state index >= 15 is 0 Å². The van der Waals surface area contributed by atoms with E-state index in [-0.39, 0.29) is 23.7 Å². The number of rotatable bonds is 7. The smallest absolute Gasteiger partial charge is 0.217 e. The number of hydrogen-bond donors (Lipinski definition) is 1.